The molecule has 0 atom stereocenters. The Morgan fingerprint density at radius 3 is 2.64 bits per heavy atom. The van der Waals surface area contributed by atoms with Crippen LogP contribution in [0.4, 0.5) is 0 Å². The van der Waals surface area contributed by atoms with E-state index in [-0.39, 0.29) is 0 Å². The van der Waals surface area contributed by atoms with Gasteiger partial charge in [0.05, 0.1) is 6.61 Å². The van der Waals surface area contributed by atoms with E-state index < -0.39 is 0 Å². The molecule has 0 spiro atoms. The Bertz CT molecular complexity index is 332. The minimum Gasteiger partial charge on any atom is -0.381 e. The molecule has 6 heteroatoms. The van der Waals surface area contributed by atoms with Crippen molar-refractivity contribution in [3.63, 3.8) is 0 Å². The van der Waals surface area contributed by atoms with E-state index >= 15 is 0 Å². The lowest BCUT2D eigenvalue weighted by molar-refractivity contribution is 0.0205. The summed E-state index contributed by atoms with van der Waals surface area (Å²) in [6.07, 6.45) is 4.32. The van der Waals surface area contributed by atoms with E-state index in [4.69, 9.17) is 14.2 Å². The van der Waals surface area contributed by atoms with Gasteiger partial charge in [-0.15, -0.1) is 0 Å². The molecule has 0 saturated carbocycles. The first kappa shape index (κ1) is 22.2. The lowest BCUT2D eigenvalue weighted by Gasteiger charge is -2.21. The normalized spacial score (nSPS) is 16.4. The zero-order valence-corrected chi connectivity index (χ0v) is 16.5. The molecular weight excluding hydrogens is 318 g/mol. The zero-order chi connectivity index (χ0) is 18.2. The molecule has 0 aromatic carbocycles. The number of nitrogens with zero attached hydrogens (tertiary/aromatic N) is 1. The average molecular weight is 358 g/mol. The van der Waals surface area contributed by atoms with E-state index in [9.17, 15) is 0 Å². The number of ether oxygens (including phenoxy) is 3. The molecule has 6 nitrogen and oxygen atoms in total. The molecule has 0 aromatic rings. The van der Waals surface area contributed by atoms with Gasteiger partial charge < -0.3 is 24.8 Å². The van der Waals surface area contributed by atoms with E-state index in [2.05, 4.69) is 36.4 Å². The Morgan fingerprint density at radius 2 is 1.92 bits per heavy atom. The second-order valence-electron chi connectivity index (χ2n) is 6.97. The molecule has 2 N–H and O–H groups in total. The molecule has 148 valence electrons. The largest absolute Gasteiger partial charge is 0.381 e. The van der Waals surface area contributed by atoms with Crippen molar-refractivity contribution in [3.05, 3.63) is 0 Å². The first-order valence-electron chi connectivity index (χ1n) is 9.97. The lowest BCUT2D eigenvalue weighted by atomic mass is 10.0. The van der Waals surface area contributed by atoms with Gasteiger partial charge in [0.2, 0.25) is 0 Å². The molecule has 1 fully saturated rings. The summed E-state index contributed by atoms with van der Waals surface area (Å²) in [6.45, 7) is 13.9. The molecule has 1 aliphatic heterocycles. The molecule has 0 aromatic heterocycles. The maximum absolute atomic E-state index is 5.77. The van der Waals surface area contributed by atoms with E-state index in [1.165, 1.54) is 0 Å². The summed E-state index contributed by atoms with van der Waals surface area (Å²) in [5.74, 6) is 2.23. The monoisotopic (exact) mass is 357 g/mol. The van der Waals surface area contributed by atoms with Crippen LogP contribution in [0.5, 0.6) is 0 Å². The van der Waals surface area contributed by atoms with Crippen molar-refractivity contribution in [2.24, 2.45) is 16.8 Å². The number of aliphatic imine (C=N–C) groups is 1. The molecule has 1 saturated heterocycles. The van der Waals surface area contributed by atoms with Gasteiger partial charge in [-0.05, 0) is 44.4 Å². The fraction of sp³-hybridized carbons (Fsp3) is 0.947. The van der Waals surface area contributed by atoms with Crippen LogP contribution in [0.2, 0.25) is 0 Å². The highest BCUT2D eigenvalue weighted by molar-refractivity contribution is 5.79. The second-order valence-corrected chi connectivity index (χ2v) is 6.97. The van der Waals surface area contributed by atoms with Crippen LogP contribution in [0.1, 0.15) is 46.5 Å². The molecule has 0 aliphatic carbocycles. The van der Waals surface area contributed by atoms with Gasteiger partial charge in [0.1, 0.15) is 0 Å². The summed E-state index contributed by atoms with van der Waals surface area (Å²) in [6, 6.07) is 0. The standard InChI is InChI=1S/C19H39N3O3/c1-4-20-19(22-10-15-24-12-6-17(2)3)21-9-5-11-25-16-18-7-13-23-14-8-18/h17-18H,4-16H2,1-3H3,(H2,20,21,22). The van der Waals surface area contributed by atoms with Crippen molar-refractivity contribution in [2.45, 2.75) is 46.5 Å². The van der Waals surface area contributed by atoms with Gasteiger partial charge in [-0.3, -0.25) is 4.99 Å². The van der Waals surface area contributed by atoms with Gasteiger partial charge in [0, 0.05) is 52.7 Å². The highest BCUT2D eigenvalue weighted by Gasteiger charge is 2.13. The topological polar surface area (TPSA) is 64.1 Å². The molecule has 1 rings (SSSR count). The van der Waals surface area contributed by atoms with E-state index in [0.29, 0.717) is 18.4 Å². The molecule has 1 aliphatic rings. The average Bonchev–Trinajstić information content (AvgIpc) is 2.61. The fourth-order valence-corrected chi connectivity index (χ4v) is 2.52. The van der Waals surface area contributed by atoms with Gasteiger partial charge >= 0.3 is 0 Å². The lowest BCUT2D eigenvalue weighted by Crippen LogP contribution is -2.39. The Kier molecular flexibility index (Phi) is 13.7. The summed E-state index contributed by atoms with van der Waals surface area (Å²) >= 11 is 0. The second kappa shape index (κ2) is 15.4. The van der Waals surface area contributed by atoms with Crippen molar-refractivity contribution in [1.29, 1.82) is 0 Å². The summed E-state index contributed by atoms with van der Waals surface area (Å²) in [5.41, 5.74) is 0. The molecule has 0 radical (unpaired) electrons. The molecular formula is C19H39N3O3. The van der Waals surface area contributed by atoms with Gasteiger partial charge in [-0.2, -0.15) is 0 Å². The number of guanidine groups is 1. The predicted molar refractivity (Wildman–Crippen MR) is 103 cm³/mol. The maximum Gasteiger partial charge on any atom is 0.191 e. The third kappa shape index (κ3) is 13.1. The third-order valence-corrected chi connectivity index (χ3v) is 4.13. The third-order valence-electron chi connectivity index (χ3n) is 4.13. The highest BCUT2D eigenvalue weighted by Crippen LogP contribution is 2.14. The van der Waals surface area contributed by atoms with Crippen LogP contribution in [0, 0.1) is 11.8 Å². The van der Waals surface area contributed by atoms with Gasteiger partial charge in [0.15, 0.2) is 5.96 Å². The molecule has 25 heavy (non-hydrogen) atoms. The smallest absolute Gasteiger partial charge is 0.191 e. The number of hydrogen-bond acceptors (Lipinski definition) is 4. The quantitative estimate of drug-likeness (QED) is 0.301. The van der Waals surface area contributed by atoms with Crippen LogP contribution >= 0.6 is 0 Å². The molecule has 0 amide bonds. The van der Waals surface area contributed by atoms with Crippen molar-refractivity contribution < 1.29 is 14.2 Å². The van der Waals surface area contributed by atoms with Crippen molar-refractivity contribution in [2.75, 3.05) is 59.3 Å². The van der Waals surface area contributed by atoms with E-state index in [1.54, 1.807) is 0 Å². The van der Waals surface area contributed by atoms with Crippen LogP contribution in [0.3, 0.4) is 0 Å². The molecule has 1 heterocycles. The SMILES string of the molecule is CCNC(=NCCCOCC1CCOCC1)NCCOCCC(C)C. The minimum absolute atomic E-state index is 0.673. The zero-order valence-electron chi connectivity index (χ0n) is 16.5. The van der Waals surface area contributed by atoms with Gasteiger partial charge in [0.25, 0.3) is 0 Å². The number of rotatable bonds is 13. The van der Waals surface area contributed by atoms with Crippen molar-refractivity contribution in [3.8, 4) is 0 Å². The summed E-state index contributed by atoms with van der Waals surface area (Å²) < 4.78 is 16.7. The summed E-state index contributed by atoms with van der Waals surface area (Å²) in [7, 11) is 0. The van der Waals surface area contributed by atoms with Crippen LogP contribution in [0.15, 0.2) is 4.99 Å². The van der Waals surface area contributed by atoms with E-state index in [1.807, 2.05) is 0 Å². The van der Waals surface area contributed by atoms with E-state index in [0.717, 1.165) is 84.3 Å². The summed E-state index contributed by atoms with van der Waals surface area (Å²) in [4.78, 5) is 4.58. The Hall–Kier alpha value is -0.850. The van der Waals surface area contributed by atoms with Crippen molar-refractivity contribution in [1.82, 2.24) is 10.6 Å². The molecule has 0 unspecified atom stereocenters. The predicted octanol–water partition coefficient (Wildman–Crippen LogP) is 2.44. The minimum atomic E-state index is 0.673. The maximum atomic E-state index is 5.77. The summed E-state index contributed by atoms with van der Waals surface area (Å²) in [5, 5.41) is 6.57. The van der Waals surface area contributed by atoms with Crippen LogP contribution in [-0.4, -0.2) is 65.2 Å². The van der Waals surface area contributed by atoms with Gasteiger partial charge in [-0.25, -0.2) is 0 Å². The Morgan fingerprint density at radius 1 is 1.12 bits per heavy atom. The van der Waals surface area contributed by atoms with Crippen LogP contribution in [0.25, 0.3) is 0 Å². The number of hydrogen-bond donors (Lipinski definition) is 2. The van der Waals surface area contributed by atoms with Gasteiger partial charge in [-0.1, -0.05) is 13.8 Å². The molecule has 0 bridgehead atoms. The van der Waals surface area contributed by atoms with Crippen LogP contribution < -0.4 is 10.6 Å². The first-order chi connectivity index (χ1) is 12.2. The Balaban J connectivity index is 2.02. The Labute approximate surface area is 154 Å². The van der Waals surface area contributed by atoms with Crippen LogP contribution in [-0.2, 0) is 14.2 Å². The number of nitrogens with one attached hydrogen (secondary N) is 2. The highest BCUT2D eigenvalue weighted by atomic mass is 16.5. The first-order valence-corrected chi connectivity index (χ1v) is 9.97. The van der Waals surface area contributed by atoms with Crippen molar-refractivity contribution >= 4 is 5.96 Å². The fourth-order valence-electron chi connectivity index (χ4n) is 2.52.